The summed E-state index contributed by atoms with van der Waals surface area (Å²) in [5.74, 6) is -1.47. The van der Waals surface area contributed by atoms with Crippen molar-refractivity contribution in [1.82, 2.24) is 9.47 Å². The predicted molar refractivity (Wildman–Crippen MR) is 124 cm³/mol. The molecule has 9 heteroatoms. The van der Waals surface area contributed by atoms with Crippen molar-refractivity contribution in [3.8, 4) is 5.69 Å². The molecule has 9 nitrogen and oxygen atoms in total. The van der Waals surface area contributed by atoms with Gasteiger partial charge in [-0.15, -0.1) is 0 Å². The minimum absolute atomic E-state index is 0.0455. The van der Waals surface area contributed by atoms with E-state index in [1.807, 2.05) is 11.5 Å². The highest BCUT2D eigenvalue weighted by molar-refractivity contribution is 5.99. The standard InChI is InChI=1S/C26H26N2O7/c1-16-11-22(17(2)28(16)20-8-6-18(7-9-20)25(31)33-3)23(29)15-35-26(32)19-12-24(30)27(13-19)14-21-5-4-10-34-21/h4-11,19H,12-15H2,1-3H3/t19-/m1/s1. The highest BCUT2D eigenvalue weighted by Crippen LogP contribution is 2.24. The lowest BCUT2D eigenvalue weighted by Gasteiger charge is -2.14. The van der Waals surface area contributed by atoms with E-state index in [-0.39, 0.29) is 24.7 Å². The monoisotopic (exact) mass is 478 g/mol. The van der Waals surface area contributed by atoms with Crippen LogP contribution in [-0.2, 0) is 25.6 Å². The summed E-state index contributed by atoms with van der Waals surface area (Å²) in [6.07, 6.45) is 1.57. The summed E-state index contributed by atoms with van der Waals surface area (Å²) in [5, 5.41) is 0. The first-order chi connectivity index (χ1) is 16.8. The molecular formula is C26H26N2O7. The Balaban J connectivity index is 1.38. The highest BCUT2D eigenvalue weighted by atomic mass is 16.5. The van der Waals surface area contributed by atoms with E-state index in [0.717, 1.165) is 11.4 Å². The summed E-state index contributed by atoms with van der Waals surface area (Å²) >= 11 is 0. The predicted octanol–water partition coefficient (Wildman–Crippen LogP) is 3.25. The molecule has 2 aromatic heterocycles. The summed E-state index contributed by atoms with van der Waals surface area (Å²) in [7, 11) is 1.32. The zero-order valence-electron chi connectivity index (χ0n) is 19.8. The molecule has 0 spiro atoms. The number of hydrogen-bond acceptors (Lipinski definition) is 7. The highest BCUT2D eigenvalue weighted by Gasteiger charge is 2.36. The van der Waals surface area contributed by atoms with E-state index in [9.17, 15) is 19.2 Å². The van der Waals surface area contributed by atoms with E-state index >= 15 is 0 Å². The van der Waals surface area contributed by atoms with Crippen molar-refractivity contribution in [3.63, 3.8) is 0 Å². The third-order valence-corrected chi connectivity index (χ3v) is 6.10. The maximum Gasteiger partial charge on any atom is 0.337 e. The Morgan fingerprint density at radius 1 is 1.11 bits per heavy atom. The molecule has 1 aromatic carbocycles. The van der Waals surface area contributed by atoms with Crippen molar-refractivity contribution < 1.29 is 33.1 Å². The van der Waals surface area contributed by atoms with E-state index in [1.54, 1.807) is 54.3 Å². The second kappa shape index (κ2) is 10.0. The van der Waals surface area contributed by atoms with Gasteiger partial charge in [-0.2, -0.15) is 0 Å². The number of esters is 2. The fraction of sp³-hybridized carbons (Fsp3) is 0.308. The first kappa shape index (κ1) is 24.0. The number of aromatic nitrogens is 1. The van der Waals surface area contributed by atoms with Gasteiger partial charge in [-0.05, 0) is 56.3 Å². The normalized spacial score (nSPS) is 15.3. The van der Waals surface area contributed by atoms with E-state index in [4.69, 9.17) is 13.9 Å². The summed E-state index contributed by atoms with van der Waals surface area (Å²) in [5.41, 5.74) is 3.15. The van der Waals surface area contributed by atoms with Crippen LogP contribution >= 0.6 is 0 Å². The van der Waals surface area contributed by atoms with Crippen LogP contribution in [0.4, 0.5) is 0 Å². The SMILES string of the molecule is COC(=O)c1ccc(-n2c(C)cc(C(=O)COC(=O)[C@@H]3CC(=O)N(Cc4ccco4)C3)c2C)cc1. The van der Waals surface area contributed by atoms with Crippen LogP contribution in [0, 0.1) is 19.8 Å². The molecule has 182 valence electrons. The Morgan fingerprint density at radius 2 is 1.86 bits per heavy atom. The van der Waals surface area contributed by atoms with Crippen LogP contribution in [0.25, 0.3) is 5.69 Å². The van der Waals surface area contributed by atoms with Gasteiger partial charge in [0.15, 0.2) is 6.61 Å². The fourth-order valence-corrected chi connectivity index (χ4v) is 4.31. The molecule has 35 heavy (non-hydrogen) atoms. The molecule has 3 heterocycles. The van der Waals surface area contributed by atoms with E-state index in [2.05, 4.69) is 0 Å². The molecular weight excluding hydrogens is 452 g/mol. The Bertz CT molecular complexity index is 1260. The van der Waals surface area contributed by atoms with Crippen LogP contribution in [0.2, 0.25) is 0 Å². The second-order valence-electron chi connectivity index (χ2n) is 8.44. The van der Waals surface area contributed by atoms with Gasteiger partial charge >= 0.3 is 11.9 Å². The molecule has 1 fully saturated rings. The summed E-state index contributed by atoms with van der Waals surface area (Å²) < 4.78 is 17.2. The minimum atomic E-state index is -0.619. The molecule has 1 aliphatic rings. The molecule has 0 radical (unpaired) electrons. The van der Waals surface area contributed by atoms with Gasteiger partial charge in [0, 0.05) is 35.6 Å². The average molecular weight is 479 g/mol. The van der Waals surface area contributed by atoms with Gasteiger partial charge in [0.05, 0.1) is 31.4 Å². The second-order valence-corrected chi connectivity index (χ2v) is 8.44. The van der Waals surface area contributed by atoms with Gasteiger partial charge in [-0.25, -0.2) is 4.79 Å². The smallest absolute Gasteiger partial charge is 0.337 e. The molecule has 1 saturated heterocycles. The number of benzene rings is 1. The number of ketones is 1. The molecule has 1 aliphatic heterocycles. The van der Waals surface area contributed by atoms with Crippen molar-refractivity contribution in [2.75, 3.05) is 20.3 Å². The number of carbonyl (C=O) groups excluding carboxylic acids is 4. The lowest BCUT2D eigenvalue weighted by Crippen LogP contribution is -2.27. The van der Waals surface area contributed by atoms with E-state index < -0.39 is 24.5 Å². The molecule has 0 N–H and O–H groups in total. The molecule has 0 aliphatic carbocycles. The molecule has 3 aromatic rings. The maximum atomic E-state index is 12.9. The average Bonchev–Trinajstić information content (AvgIpc) is 3.57. The largest absolute Gasteiger partial charge is 0.467 e. The van der Waals surface area contributed by atoms with Gasteiger partial charge in [0.1, 0.15) is 5.76 Å². The number of furan rings is 1. The number of hydrogen-bond donors (Lipinski definition) is 0. The number of methoxy groups -OCH3 is 1. The van der Waals surface area contributed by atoms with Crippen LogP contribution < -0.4 is 0 Å². The molecule has 0 saturated carbocycles. The van der Waals surface area contributed by atoms with Gasteiger partial charge in [0.2, 0.25) is 11.7 Å². The number of ether oxygens (including phenoxy) is 2. The summed E-state index contributed by atoms with van der Waals surface area (Å²) in [6.45, 7) is 3.78. The Labute approximate surface area is 202 Å². The molecule has 4 rings (SSSR count). The number of amides is 1. The molecule has 1 atom stereocenters. The van der Waals surface area contributed by atoms with Crippen LogP contribution in [-0.4, -0.2) is 53.4 Å². The van der Waals surface area contributed by atoms with Gasteiger partial charge in [0.25, 0.3) is 0 Å². The van der Waals surface area contributed by atoms with Crippen LogP contribution in [0.3, 0.4) is 0 Å². The topological polar surface area (TPSA) is 108 Å². The minimum Gasteiger partial charge on any atom is -0.467 e. The van der Waals surface area contributed by atoms with Crippen molar-refractivity contribution in [3.05, 3.63) is 77.0 Å². The van der Waals surface area contributed by atoms with Gasteiger partial charge in [-0.1, -0.05) is 0 Å². The lowest BCUT2D eigenvalue weighted by molar-refractivity contribution is -0.147. The summed E-state index contributed by atoms with van der Waals surface area (Å²) in [6, 6.07) is 12.1. The summed E-state index contributed by atoms with van der Waals surface area (Å²) in [4.78, 5) is 50.9. The zero-order chi connectivity index (χ0) is 25.1. The molecule has 0 bridgehead atoms. The zero-order valence-corrected chi connectivity index (χ0v) is 19.8. The number of Topliss-reactive ketones (excluding diaryl/α,β-unsaturated/α-hetero) is 1. The Kier molecular flexibility index (Phi) is 6.86. The quantitative estimate of drug-likeness (QED) is 0.361. The van der Waals surface area contributed by atoms with E-state index in [1.165, 1.54) is 13.4 Å². The van der Waals surface area contributed by atoms with Crippen LogP contribution in [0.5, 0.6) is 0 Å². The van der Waals surface area contributed by atoms with Gasteiger partial charge in [-0.3, -0.25) is 14.4 Å². The lowest BCUT2D eigenvalue weighted by atomic mass is 10.1. The molecule has 0 unspecified atom stereocenters. The van der Waals surface area contributed by atoms with Gasteiger partial charge < -0.3 is 23.4 Å². The van der Waals surface area contributed by atoms with Crippen molar-refractivity contribution in [2.24, 2.45) is 5.92 Å². The van der Waals surface area contributed by atoms with Crippen molar-refractivity contribution in [1.29, 1.82) is 0 Å². The maximum absolute atomic E-state index is 12.9. The Hall–Kier alpha value is -4.14. The Morgan fingerprint density at radius 3 is 2.51 bits per heavy atom. The third-order valence-electron chi connectivity index (χ3n) is 6.10. The number of rotatable bonds is 8. The van der Waals surface area contributed by atoms with Crippen molar-refractivity contribution in [2.45, 2.75) is 26.8 Å². The fourth-order valence-electron chi connectivity index (χ4n) is 4.31. The van der Waals surface area contributed by atoms with Crippen LogP contribution in [0.15, 0.2) is 53.1 Å². The number of aryl methyl sites for hydroxylation is 1. The number of nitrogens with zero attached hydrogens (tertiary/aromatic N) is 2. The first-order valence-electron chi connectivity index (χ1n) is 11.2. The van der Waals surface area contributed by atoms with Crippen LogP contribution in [0.1, 0.15) is 44.3 Å². The number of carbonyl (C=O) groups is 4. The first-order valence-corrected chi connectivity index (χ1v) is 11.2. The molecule has 1 amide bonds. The number of likely N-dealkylation sites (tertiary alicyclic amines) is 1. The van der Waals surface area contributed by atoms with E-state index in [0.29, 0.717) is 29.1 Å². The third kappa shape index (κ3) is 5.03. The van der Waals surface area contributed by atoms with Crippen molar-refractivity contribution >= 4 is 23.6 Å².